The molecule has 0 spiro atoms. The van der Waals surface area contributed by atoms with E-state index in [1.54, 1.807) is 12.1 Å². The van der Waals surface area contributed by atoms with Gasteiger partial charge in [-0.3, -0.25) is 4.79 Å². The van der Waals surface area contributed by atoms with E-state index in [1.807, 2.05) is 0 Å². The van der Waals surface area contributed by atoms with Gasteiger partial charge >= 0.3 is 6.18 Å². The van der Waals surface area contributed by atoms with Crippen molar-refractivity contribution in [2.24, 2.45) is 0 Å². The molecule has 0 atom stereocenters. The summed E-state index contributed by atoms with van der Waals surface area (Å²) in [4.78, 5) is 12.7. The number of halogens is 3. The van der Waals surface area contributed by atoms with Crippen molar-refractivity contribution in [3.63, 3.8) is 0 Å². The van der Waals surface area contributed by atoms with Crippen LogP contribution in [0.4, 0.5) is 13.2 Å². The highest BCUT2D eigenvalue weighted by Crippen LogP contribution is 2.39. The fourth-order valence-corrected chi connectivity index (χ4v) is 3.08. The lowest BCUT2D eigenvalue weighted by molar-refractivity contribution is -0.137. The Kier molecular flexibility index (Phi) is 4.87. The Labute approximate surface area is 154 Å². The number of alkyl halides is 3. The number of carbonyl (C=O) groups excluding carboxylic acids is 1. The highest BCUT2D eigenvalue weighted by atomic mass is 19.4. The Bertz CT molecular complexity index is 930. The minimum atomic E-state index is -4.57. The molecule has 142 valence electrons. The molecule has 3 rings (SSSR count). The van der Waals surface area contributed by atoms with E-state index in [0.29, 0.717) is 22.6 Å². The van der Waals surface area contributed by atoms with E-state index < -0.39 is 11.7 Å². The van der Waals surface area contributed by atoms with Crippen molar-refractivity contribution in [1.29, 1.82) is 0 Å². The molecule has 1 aliphatic rings. The molecule has 0 unspecified atom stereocenters. The number of hydrogen-bond donors (Lipinski definition) is 0. The Balaban J connectivity index is 2.06. The zero-order chi connectivity index (χ0) is 19.8. The Morgan fingerprint density at radius 2 is 1.63 bits per heavy atom. The molecule has 0 bridgehead atoms. The van der Waals surface area contributed by atoms with Crippen molar-refractivity contribution in [1.82, 2.24) is 0 Å². The SMILES string of the molecule is COc1ccc(C=C2Cc3cc(OC)c(OC)cc3C2=O)c(C(F)(F)F)c1. The van der Waals surface area contributed by atoms with Crippen LogP contribution >= 0.6 is 0 Å². The van der Waals surface area contributed by atoms with Crippen molar-refractivity contribution < 1.29 is 32.2 Å². The van der Waals surface area contributed by atoms with Crippen LogP contribution in [0.3, 0.4) is 0 Å². The molecule has 1 aliphatic carbocycles. The summed E-state index contributed by atoms with van der Waals surface area (Å²) in [5.41, 5.74) is 0.426. The van der Waals surface area contributed by atoms with Crippen molar-refractivity contribution in [3.05, 3.63) is 58.2 Å². The molecule has 7 heteroatoms. The smallest absolute Gasteiger partial charge is 0.417 e. The minimum Gasteiger partial charge on any atom is -0.497 e. The molecule has 0 amide bonds. The first-order chi connectivity index (χ1) is 12.8. The first-order valence-corrected chi connectivity index (χ1v) is 8.04. The molecule has 0 saturated heterocycles. The number of hydrogen-bond acceptors (Lipinski definition) is 4. The lowest BCUT2D eigenvalue weighted by Gasteiger charge is -2.12. The molecular formula is C20H17F3O4. The van der Waals surface area contributed by atoms with Gasteiger partial charge in [0.15, 0.2) is 17.3 Å². The number of benzene rings is 2. The number of carbonyl (C=O) groups is 1. The number of methoxy groups -OCH3 is 3. The van der Waals surface area contributed by atoms with E-state index in [0.717, 1.165) is 6.07 Å². The van der Waals surface area contributed by atoms with Crippen LogP contribution < -0.4 is 14.2 Å². The summed E-state index contributed by atoms with van der Waals surface area (Å²) in [6, 6.07) is 6.87. The normalized spacial score (nSPS) is 15.0. The van der Waals surface area contributed by atoms with Crippen LogP contribution in [0.2, 0.25) is 0 Å². The number of ketones is 1. The Morgan fingerprint density at radius 1 is 0.963 bits per heavy atom. The molecule has 4 nitrogen and oxygen atoms in total. The first kappa shape index (κ1) is 18.8. The van der Waals surface area contributed by atoms with E-state index in [1.165, 1.54) is 39.5 Å². The Morgan fingerprint density at radius 3 is 2.22 bits per heavy atom. The zero-order valence-corrected chi connectivity index (χ0v) is 14.9. The second-order valence-corrected chi connectivity index (χ2v) is 5.99. The van der Waals surface area contributed by atoms with Crippen molar-refractivity contribution in [2.45, 2.75) is 12.6 Å². The maximum atomic E-state index is 13.4. The molecule has 0 saturated carbocycles. The first-order valence-electron chi connectivity index (χ1n) is 8.04. The van der Waals surface area contributed by atoms with E-state index >= 15 is 0 Å². The standard InChI is InChI=1S/C20H17F3O4/c1-25-14-5-4-11(16(9-14)20(21,22)23)6-13-7-12-8-17(26-2)18(27-3)10-15(12)19(13)24/h4-6,8-10H,7H2,1-3H3. The van der Waals surface area contributed by atoms with E-state index in [2.05, 4.69) is 0 Å². The molecule has 0 N–H and O–H groups in total. The summed E-state index contributed by atoms with van der Waals surface area (Å²) in [6.45, 7) is 0. The number of allylic oxidation sites excluding steroid dienone is 1. The van der Waals surface area contributed by atoms with Gasteiger partial charge in [-0.15, -0.1) is 0 Å². The van der Waals surface area contributed by atoms with Gasteiger partial charge < -0.3 is 14.2 Å². The highest BCUT2D eigenvalue weighted by molar-refractivity contribution is 6.16. The predicted molar refractivity (Wildman–Crippen MR) is 93.6 cm³/mol. The van der Waals surface area contributed by atoms with E-state index in [-0.39, 0.29) is 29.1 Å². The maximum absolute atomic E-state index is 13.4. The van der Waals surface area contributed by atoms with Crippen LogP contribution in [-0.4, -0.2) is 27.1 Å². The van der Waals surface area contributed by atoms with Crippen LogP contribution in [0.25, 0.3) is 6.08 Å². The largest absolute Gasteiger partial charge is 0.497 e. The van der Waals surface area contributed by atoms with Gasteiger partial charge in [0.2, 0.25) is 0 Å². The molecule has 2 aromatic rings. The average molecular weight is 378 g/mol. The van der Waals surface area contributed by atoms with Crippen molar-refractivity contribution in [3.8, 4) is 17.2 Å². The monoisotopic (exact) mass is 378 g/mol. The van der Waals surface area contributed by atoms with E-state index in [9.17, 15) is 18.0 Å². The molecular weight excluding hydrogens is 361 g/mol. The zero-order valence-electron chi connectivity index (χ0n) is 14.9. The van der Waals surface area contributed by atoms with Gasteiger partial charge in [0.25, 0.3) is 0 Å². The molecule has 0 radical (unpaired) electrons. The second kappa shape index (κ2) is 6.98. The van der Waals surface area contributed by atoms with Gasteiger partial charge in [-0.25, -0.2) is 0 Å². The average Bonchev–Trinajstić information content (AvgIpc) is 2.94. The van der Waals surface area contributed by atoms with Gasteiger partial charge in [-0.1, -0.05) is 6.07 Å². The third-order valence-electron chi connectivity index (χ3n) is 4.42. The van der Waals surface area contributed by atoms with Crippen LogP contribution in [0, 0.1) is 0 Å². The minimum absolute atomic E-state index is 0.0848. The lowest BCUT2D eigenvalue weighted by Crippen LogP contribution is -2.08. The summed E-state index contributed by atoms with van der Waals surface area (Å²) in [7, 11) is 4.23. The van der Waals surface area contributed by atoms with E-state index in [4.69, 9.17) is 14.2 Å². The van der Waals surface area contributed by atoms with Gasteiger partial charge in [0.1, 0.15) is 5.75 Å². The van der Waals surface area contributed by atoms with Crippen LogP contribution in [-0.2, 0) is 12.6 Å². The fraction of sp³-hybridized carbons (Fsp3) is 0.250. The third-order valence-corrected chi connectivity index (χ3v) is 4.42. The second-order valence-electron chi connectivity index (χ2n) is 5.99. The third kappa shape index (κ3) is 3.49. The fourth-order valence-electron chi connectivity index (χ4n) is 3.08. The quantitative estimate of drug-likeness (QED) is 0.732. The number of ether oxygens (including phenoxy) is 3. The number of Topliss-reactive ketones (excluding diaryl/α,β-unsaturated/α-hetero) is 1. The molecule has 2 aromatic carbocycles. The van der Waals surface area contributed by atoms with Gasteiger partial charge in [-0.2, -0.15) is 13.2 Å². The molecule has 0 aromatic heterocycles. The Hall–Kier alpha value is -2.96. The highest BCUT2D eigenvalue weighted by Gasteiger charge is 2.34. The van der Waals surface area contributed by atoms with Crippen LogP contribution in [0.5, 0.6) is 17.2 Å². The summed E-state index contributed by atoms with van der Waals surface area (Å²) >= 11 is 0. The molecule has 0 heterocycles. The summed E-state index contributed by atoms with van der Waals surface area (Å²) in [6.07, 6.45) is -3.07. The van der Waals surface area contributed by atoms with Crippen molar-refractivity contribution >= 4 is 11.9 Å². The molecule has 0 aliphatic heterocycles. The number of fused-ring (bicyclic) bond motifs is 1. The number of rotatable bonds is 4. The lowest BCUT2D eigenvalue weighted by atomic mass is 10.0. The summed E-state index contributed by atoms with van der Waals surface area (Å²) < 4.78 is 55.5. The summed E-state index contributed by atoms with van der Waals surface area (Å²) in [5.74, 6) is 0.631. The summed E-state index contributed by atoms with van der Waals surface area (Å²) in [5, 5.41) is 0. The predicted octanol–water partition coefficient (Wildman–Crippen LogP) is 4.55. The van der Waals surface area contributed by atoms with Gasteiger partial charge in [-0.05, 0) is 41.5 Å². The van der Waals surface area contributed by atoms with Crippen LogP contribution in [0.1, 0.15) is 27.0 Å². The molecule has 0 fully saturated rings. The topological polar surface area (TPSA) is 44.8 Å². The molecule has 27 heavy (non-hydrogen) atoms. The maximum Gasteiger partial charge on any atom is 0.417 e. The van der Waals surface area contributed by atoms with Crippen LogP contribution in [0.15, 0.2) is 35.9 Å². The van der Waals surface area contributed by atoms with Gasteiger partial charge in [0, 0.05) is 17.6 Å². The van der Waals surface area contributed by atoms with Crippen molar-refractivity contribution in [2.75, 3.05) is 21.3 Å². The van der Waals surface area contributed by atoms with Gasteiger partial charge in [0.05, 0.1) is 26.9 Å².